The molecule has 144 valence electrons. The van der Waals surface area contributed by atoms with Gasteiger partial charge in [0.05, 0.1) is 5.02 Å². The van der Waals surface area contributed by atoms with Crippen molar-refractivity contribution >= 4 is 29.1 Å². The van der Waals surface area contributed by atoms with Crippen molar-refractivity contribution in [3.05, 3.63) is 47.0 Å². The molecule has 0 aliphatic carbocycles. The summed E-state index contributed by atoms with van der Waals surface area (Å²) in [5, 5.41) is 6.14. The first-order valence-corrected chi connectivity index (χ1v) is 9.51. The van der Waals surface area contributed by atoms with E-state index >= 15 is 0 Å². The Morgan fingerprint density at radius 2 is 2.00 bits per heavy atom. The fourth-order valence-corrected chi connectivity index (χ4v) is 3.20. The minimum Gasteiger partial charge on any atom is -0.368 e. The highest BCUT2D eigenvalue weighted by atomic mass is 35.5. The van der Waals surface area contributed by atoms with Crippen LogP contribution in [-0.2, 0) is 11.2 Å². The average molecular weight is 392 g/mol. The van der Waals surface area contributed by atoms with Crippen molar-refractivity contribution in [2.75, 3.05) is 36.4 Å². The molecule has 1 aromatic carbocycles. The van der Waals surface area contributed by atoms with Crippen molar-refractivity contribution < 1.29 is 9.18 Å². The molecule has 1 fully saturated rings. The molecule has 6 nitrogen and oxygen atoms in total. The summed E-state index contributed by atoms with van der Waals surface area (Å²) >= 11 is 5.75. The Balaban J connectivity index is 1.36. The molecule has 1 amide bonds. The molecule has 3 rings (SSSR count). The molecule has 1 aliphatic rings. The molecule has 27 heavy (non-hydrogen) atoms. The van der Waals surface area contributed by atoms with Crippen LogP contribution in [0, 0.1) is 5.82 Å². The Morgan fingerprint density at radius 1 is 1.19 bits per heavy atom. The summed E-state index contributed by atoms with van der Waals surface area (Å²) in [6.45, 7) is 3.13. The van der Waals surface area contributed by atoms with Gasteiger partial charge in [-0.2, -0.15) is 0 Å². The van der Waals surface area contributed by atoms with E-state index in [1.807, 2.05) is 6.07 Å². The molecule has 0 radical (unpaired) electrons. The van der Waals surface area contributed by atoms with Gasteiger partial charge in [-0.05, 0) is 37.0 Å². The number of anilines is 2. The Bertz CT molecular complexity index is 782. The largest absolute Gasteiger partial charge is 0.368 e. The second-order valence-electron chi connectivity index (χ2n) is 6.48. The zero-order valence-corrected chi connectivity index (χ0v) is 15.8. The van der Waals surface area contributed by atoms with Gasteiger partial charge in [0.1, 0.15) is 23.8 Å². The molecule has 0 saturated carbocycles. The van der Waals surface area contributed by atoms with Gasteiger partial charge in [0.2, 0.25) is 5.91 Å². The molecule has 2 heterocycles. The first-order chi connectivity index (χ1) is 13.1. The molecular weight excluding hydrogens is 369 g/mol. The van der Waals surface area contributed by atoms with Crippen LogP contribution in [0.25, 0.3) is 0 Å². The van der Waals surface area contributed by atoms with E-state index in [4.69, 9.17) is 11.6 Å². The predicted molar refractivity (Wildman–Crippen MR) is 105 cm³/mol. The van der Waals surface area contributed by atoms with Crippen molar-refractivity contribution in [1.29, 1.82) is 0 Å². The lowest BCUT2D eigenvalue weighted by molar-refractivity contribution is -0.120. The maximum Gasteiger partial charge on any atom is 0.220 e. The van der Waals surface area contributed by atoms with Crippen LogP contribution in [0.4, 0.5) is 16.0 Å². The number of rotatable bonds is 8. The van der Waals surface area contributed by atoms with Gasteiger partial charge in [-0.3, -0.25) is 4.79 Å². The fraction of sp³-hybridized carbons (Fsp3) is 0.421. The molecule has 0 bridgehead atoms. The van der Waals surface area contributed by atoms with Gasteiger partial charge in [-0.1, -0.05) is 17.7 Å². The summed E-state index contributed by atoms with van der Waals surface area (Å²) in [5.74, 6) is 1.18. The van der Waals surface area contributed by atoms with E-state index in [0.29, 0.717) is 25.9 Å². The van der Waals surface area contributed by atoms with Crippen molar-refractivity contribution in [1.82, 2.24) is 15.3 Å². The SMILES string of the molecule is O=C(CCc1ccc(F)c(Cl)c1)NCCNc1cc(N2CCCC2)ncn1. The topological polar surface area (TPSA) is 70.2 Å². The minimum atomic E-state index is -0.450. The van der Waals surface area contributed by atoms with Crippen molar-refractivity contribution in [2.45, 2.75) is 25.7 Å². The maximum atomic E-state index is 13.1. The zero-order chi connectivity index (χ0) is 19.1. The first kappa shape index (κ1) is 19.4. The maximum absolute atomic E-state index is 13.1. The lowest BCUT2D eigenvalue weighted by Gasteiger charge is -2.16. The molecule has 2 aromatic rings. The van der Waals surface area contributed by atoms with E-state index < -0.39 is 5.82 Å². The number of hydrogen-bond acceptors (Lipinski definition) is 5. The molecule has 8 heteroatoms. The summed E-state index contributed by atoms with van der Waals surface area (Å²) in [6.07, 6.45) is 4.80. The fourth-order valence-electron chi connectivity index (χ4n) is 3.00. The number of carbonyl (C=O) groups is 1. The van der Waals surface area contributed by atoms with Crippen LogP contribution in [-0.4, -0.2) is 42.1 Å². The predicted octanol–water partition coefficient (Wildman–Crippen LogP) is 3.03. The lowest BCUT2D eigenvalue weighted by atomic mass is 10.1. The molecule has 1 saturated heterocycles. The number of nitrogens with zero attached hydrogens (tertiary/aromatic N) is 3. The van der Waals surface area contributed by atoms with Crippen LogP contribution in [0.1, 0.15) is 24.8 Å². The second-order valence-corrected chi connectivity index (χ2v) is 6.89. The molecule has 0 spiro atoms. The van der Waals surface area contributed by atoms with Crippen LogP contribution in [0.5, 0.6) is 0 Å². The Labute approximate surface area is 163 Å². The van der Waals surface area contributed by atoms with Gasteiger partial charge in [-0.15, -0.1) is 0 Å². The van der Waals surface area contributed by atoms with Crippen LogP contribution in [0.3, 0.4) is 0 Å². The van der Waals surface area contributed by atoms with E-state index in [2.05, 4.69) is 25.5 Å². The summed E-state index contributed by atoms with van der Waals surface area (Å²) in [5.41, 5.74) is 0.838. The molecule has 2 N–H and O–H groups in total. The van der Waals surface area contributed by atoms with Crippen molar-refractivity contribution in [3.8, 4) is 0 Å². The van der Waals surface area contributed by atoms with E-state index in [0.717, 1.165) is 30.3 Å². The van der Waals surface area contributed by atoms with Gasteiger partial charge in [0.15, 0.2) is 0 Å². The first-order valence-electron chi connectivity index (χ1n) is 9.13. The molecule has 1 aliphatic heterocycles. The van der Waals surface area contributed by atoms with Crippen molar-refractivity contribution in [2.24, 2.45) is 0 Å². The number of nitrogens with one attached hydrogen (secondary N) is 2. The standard InChI is InChI=1S/C19H23ClFN5O/c20-15-11-14(3-5-16(15)21)4-6-19(27)23-8-7-22-17-12-18(25-13-24-17)26-9-1-2-10-26/h3,5,11-13H,1-2,4,6-10H2,(H,23,27)(H,22,24,25). The van der Waals surface area contributed by atoms with Gasteiger partial charge in [0.25, 0.3) is 0 Å². The highest BCUT2D eigenvalue weighted by molar-refractivity contribution is 6.30. The lowest BCUT2D eigenvalue weighted by Crippen LogP contribution is -2.29. The number of halogens is 2. The quantitative estimate of drug-likeness (QED) is 0.677. The van der Waals surface area contributed by atoms with Crippen LogP contribution in [0.2, 0.25) is 5.02 Å². The third-order valence-corrected chi connectivity index (χ3v) is 4.75. The average Bonchev–Trinajstić information content (AvgIpc) is 3.21. The smallest absolute Gasteiger partial charge is 0.220 e. The highest BCUT2D eigenvalue weighted by Crippen LogP contribution is 2.19. The molecular formula is C19H23ClFN5O. The van der Waals surface area contributed by atoms with E-state index in [-0.39, 0.29) is 10.9 Å². The summed E-state index contributed by atoms with van der Waals surface area (Å²) in [4.78, 5) is 22.7. The van der Waals surface area contributed by atoms with Gasteiger partial charge >= 0.3 is 0 Å². The number of benzene rings is 1. The zero-order valence-electron chi connectivity index (χ0n) is 15.0. The Hall–Kier alpha value is -2.41. The summed E-state index contributed by atoms with van der Waals surface area (Å²) < 4.78 is 13.1. The van der Waals surface area contributed by atoms with Crippen LogP contribution >= 0.6 is 11.6 Å². The number of amides is 1. The molecule has 0 unspecified atom stereocenters. The third-order valence-electron chi connectivity index (χ3n) is 4.46. The van der Waals surface area contributed by atoms with E-state index in [1.54, 1.807) is 18.5 Å². The number of hydrogen-bond donors (Lipinski definition) is 2. The Kier molecular flexibility index (Phi) is 6.81. The number of carbonyl (C=O) groups excluding carboxylic acids is 1. The summed E-state index contributed by atoms with van der Waals surface area (Å²) in [6, 6.07) is 6.45. The van der Waals surface area contributed by atoms with Gasteiger partial charge in [0, 0.05) is 38.7 Å². The number of aryl methyl sites for hydroxylation is 1. The minimum absolute atomic E-state index is 0.0577. The van der Waals surface area contributed by atoms with Crippen LogP contribution < -0.4 is 15.5 Å². The molecule has 0 atom stereocenters. The molecule has 1 aromatic heterocycles. The normalized spacial score (nSPS) is 13.6. The van der Waals surface area contributed by atoms with E-state index in [1.165, 1.54) is 18.9 Å². The number of aromatic nitrogens is 2. The summed E-state index contributed by atoms with van der Waals surface area (Å²) in [7, 11) is 0. The van der Waals surface area contributed by atoms with Crippen molar-refractivity contribution in [3.63, 3.8) is 0 Å². The Morgan fingerprint density at radius 3 is 2.78 bits per heavy atom. The van der Waals surface area contributed by atoms with Crippen LogP contribution in [0.15, 0.2) is 30.6 Å². The van der Waals surface area contributed by atoms with Gasteiger partial charge < -0.3 is 15.5 Å². The highest BCUT2D eigenvalue weighted by Gasteiger charge is 2.13. The third kappa shape index (κ3) is 5.79. The second kappa shape index (κ2) is 9.50. The van der Waals surface area contributed by atoms with E-state index in [9.17, 15) is 9.18 Å². The van der Waals surface area contributed by atoms with Gasteiger partial charge in [-0.25, -0.2) is 14.4 Å². The monoisotopic (exact) mass is 391 g/mol.